The first kappa shape index (κ1) is 23.7. The number of aryl methyl sites for hydroxylation is 3. The van der Waals surface area contributed by atoms with E-state index < -0.39 is 10.0 Å². The van der Waals surface area contributed by atoms with Gasteiger partial charge < -0.3 is 4.42 Å². The molecule has 0 atom stereocenters. The molecule has 0 aliphatic rings. The summed E-state index contributed by atoms with van der Waals surface area (Å²) < 4.78 is 32.4. The normalized spacial score (nSPS) is 11.7. The third-order valence-electron chi connectivity index (χ3n) is 4.96. The van der Waals surface area contributed by atoms with Crippen LogP contribution >= 0.6 is 15.9 Å². The molecule has 0 saturated heterocycles. The van der Waals surface area contributed by atoms with Crippen LogP contribution < -0.4 is 9.73 Å². The van der Waals surface area contributed by atoms with Crippen molar-refractivity contribution in [2.75, 3.05) is 10.6 Å². The number of furan rings is 1. The first-order valence-corrected chi connectivity index (χ1v) is 12.4. The molecule has 0 aliphatic heterocycles. The molecule has 1 N–H and O–H groups in total. The fourth-order valence-electron chi connectivity index (χ4n) is 2.97. The number of carbonyl (C=O) groups is 1. The Bertz CT molecular complexity index is 1250. The Labute approximate surface area is 196 Å². The van der Waals surface area contributed by atoms with Crippen LogP contribution in [0.15, 0.2) is 62.5 Å². The topological polar surface area (TPSA) is 92.0 Å². The van der Waals surface area contributed by atoms with Gasteiger partial charge in [0.1, 0.15) is 11.5 Å². The monoisotopic (exact) mass is 517 g/mol. The Balaban J connectivity index is 1.70. The molecule has 0 radical (unpaired) electrons. The van der Waals surface area contributed by atoms with Gasteiger partial charge in [0, 0.05) is 11.6 Å². The highest BCUT2D eigenvalue weighted by molar-refractivity contribution is 9.10. The summed E-state index contributed by atoms with van der Waals surface area (Å²) in [5, 5.41) is 3.90. The van der Waals surface area contributed by atoms with Gasteiger partial charge in [-0.15, -0.1) is 0 Å². The highest BCUT2D eigenvalue weighted by Crippen LogP contribution is 2.24. The maximum atomic E-state index is 12.4. The Morgan fingerprint density at radius 1 is 1.09 bits per heavy atom. The number of hydrogen-bond acceptors (Lipinski definition) is 5. The minimum Gasteiger partial charge on any atom is -0.459 e. The van der Waals surface area contributed by atoms with Gasteiger partial charge >= 0.3 is 0 Å². The highest BCUT2D eigenvalue weighted by Gasteiger charge is 2.18. The van der Waals surface area contributed by atoms with Gasteiger partial charge in [0.25, 0.3) is 5.91 Å². The van der Waals surface area contributed by atoms with E-state index in [4.69, 9.17) is 4.42 Å². The molecule has 0 saturated carbocycles. The molecule has 0 bridgehead atoms. The molecule has 7 nitrogen and oxygen atoms in total. The molecule has 0 spiro atoms. The summed E-state index contributed by atoms with van der Waals surface area (Å²) in [7, 11) is -3.49. The van der Waals surface area contributed by atoms with E-state index >= 15 is 0 Å². The van der Waals surface area contributed by atoms with Crippen LogP contribution in [-0.4, -0.2) is 26.8 Å². The number of anilines is 1. The fourth-order valence-corrected chi connectivity index (χ4v) is 4.16. The van der Waals surface area contributed by atoms with Gasteiger partial charge in [-0.25, -0.2) is 13.8 Å². The summed E-state index contributed by atoms with van der Waals surface area (Å²) in [6, 6.07) is 14.0. The number of carbonyl (C=O) groups excluding carboxylic acids is 1. The van der Waals surface area contributed by atoms with Crippen molar-refractivity contribution >= 4 is 43.8 Å². The second-order valence-electron chi connectivity index (χ2n) is 7.49. The summed E-state index contributed by atoms with van der Waals surface area (Å²) in [6.45, 7) is 5.90. The van der Waals surface area contributed by atoms with Crippen LogP contribution in [0, 0.1) is 20.8 Å². The van der Waals surface area contributed by atoms with Gasteiger partial charge in [-0.2, -0.15) is 5.10 Å². The first-order chi connectivity index (χ1) is 15.0. The Kier molecular flexibility index (Phi) is 7.20. The smallest absolute Gasteiger partial charge is 0.271 e. The van der Waals surface area contributed by atoms with E-state index in [1.54, 1.807) is 36.4 Å². The zero-order valence-electron chi connectivity index (χ0n) is 18.2. The molecule has 1 aromatic heterocycles. The lowest BCUT2D eigenvalue weighted by atomic mass is 10.1. The van der Waals surface area contributed by atoms with E-state index in [1.807, 2.05) is 32.9 Å². The van der Waals surface area contributed by atoms with Crippen molar-refractivity contribution in [2.24, 2.45) is 5.10 Å². The molecule has 3 aromatic rings. The van der Waals surface area contributed by atoms with E-state index in [0.29, 0.717) is 17.0 Å². The van der Waals surface area contributed by atoms with E-state index in [0.717, 1.165) is 26.9 Å². The van der Waals surface area contributed by atoms with Crippen molar-refractivity contribution in [3.05, 3.63) is 86.8 Å². The van der Waals surface area contributed by atoms with E-state index in [9.17, 15) is 13.2 Å². The quantitative estimate of drug-likeness (QED) is 0.363. The van der Waals surface area contributed by atoms with Gasteiger partial charge in [-0.05, 0) is 77.7 Å². The van der Waals surface area contributed by atoms with Crippen LogP contribution in [0.25, 0.3) is 0 Å². The SMILES string of the molecule is Cc1ccc(N(Cc2ccc(C(=O)N/N=C\c3cc(Br)c(C)o3)cc2)S(C)(=O)=O)cc1C. The number of halogens is 1. The van der Waals surface area contributed by atoms with Crippen molar-refractivity contribution in [3.63, 3.8) is 0 Å². The largest absolute Gasteiger partial charge is 0.459 e. The number of sulfonamides is 1. The Hall–Kier alpha value is -2.91. The summed E-state index contributed by atoms with van der Waals surface area (Å²) in [6.07, 6.45) is 2.60. The predicted octanol–water partition coefficient (Wildman–Crippen LogP) is 4.70. The average Bonchev–Trinajstić information content (AvgIpc) is 3.05. The molecule has 9 heteroatoms. The predicted molar refractivity (Wildman–Crippen MR) is 130 cm³/mol. The Morgan fingerprint density at radius 3 is 2.34 bits per heavy atom. The van der Waals surface area contributed by atoms with Crippen LogP contribution in [0.3, 0.4) is 0 Å². The van der Waals surface area contributed by atoms with Crippen molar-refractivity contribution in [3.8, 4) is 0 Å². The third-order valence-corrected chi connectivity index (χ3v) is 6.88. The third kappa shape index (κ3) is 5.86. The molecule has 0 unspecified atom stereocenters. The number of amides is 1. The molecule has 32 heavy (non-hydrogen) atoms. The number of hydrazone groups is 1. The van der Waals surface area contributed by atoms with Crippen molar-refractivity contribution in [1.29, 1.82) is 0 Å². The number of benzene rings is 2. The molecule has 0 fully saturated rings. The van der Waals surface area contributed by atoms with Gasteiger partial charge in [0.05, 0.1) is 29.2 Å². The molecule has 2 aromatic carbocycles. The minimum atomic E-state index is -3.49. The van der Waals surface area contributed by atoms with Crippen molar-refractivity contribution < 1.29 is 17.6 Å². The van der Waals surface area contributed by atoms with Crippen LogP contribution in [0.5, 0.6) is 0 Å². The lowest BCUT2D eigenvalue weighted by Crippen LogP contribution is -2.29. The molecule has 0 aliphatic carbocycles. The maximum Gasteiger partial charge on any atom is 0.271 e. The Morgan fingerprint density at radius 2 is 1.78 bits per heavy atom. The summed E-state index contributed by atoms with van der Waals surface area (Å²) in [5.41, 5.74) is 6.31. The standard InChI is InChI=1S/C23H24BrN3O4S/c1-15-5-10-20(11-16(15)2)27(32(4,29)30)14-18-6-8-19(9-7-18)23(28)26-25-13-21-12-22(24)17(3)31-21/h5-13H,14H2,1-4H3,(H,26,28)/b25-13-. The van der Waals surface area contributed by atoms with E-state index in [2.05, 4.69) is 26.5 Å². The van der Waals surface area contributed by atoms with Gasteiger partial charge in [-0.1, -0.05) is 18.2 Å². The van der Waals surface area contributed by atoms with Crippen molar-refractivity contribution in [2.45, 2.75) is 27.3 Å². The summed E-state index contributed by atoms with van der Waals surface area (Å²) >= 11 is 3.35. The number of hydrogen-bond donors (Lipinski definition) is 1. The van der Waals surface area contributed by atoms with Gasteiger partial charge in [0.2, 0.25) is 10.0 Å². The first-order valence-electron chi connectivity index (χ1n) is 9.78. The van der Waals surface area contributed by atoms with Gasteiger partial charge in [-0.3, -0.25) is 9.10 Å². The van der Waals surface area contributed by atoms with Crippen LogP contribution in [0.1, 0.15) is 38.6 Å². The molecule has 3 rings (SSSR count). The fraction of sp³-hybridized carbons (Fsp3) is 0.217. The van der Waals surface area contributed by atoms with E-state index in [-0.39, 0.29) is 12.5 Å². The lowest BCUT2D eigenvalue weighted by Gasteiger charge is -2.23. The molecular formula is C23H24BrN3O4S. The van der Waals surface area contributed by atoms with E-state index in [1.165, 1.54) is 16.8 Å². The van der Waals surface area contributed by atoms with Gasteiger partial charge in [0.15, 0.2) is 0 Å². The van der Waals surface area contributed by atoms with Crippen LogP contribution in [0.2, 0.25) is 0 Å². The maximum absolute atomic E-state index is 12.4. The number of nitrogens with one attached hydrogen (secondary N) is 1. The number of nitrogens with zero attached hydrogens (tertiary/aromatic N) is 2. The van der Waals surface area contributed by atoms with Crippen LogP contribution in [-0.2, 0) is 16.6 Å². The molecule has 1 heterocycles. The summed E-state index contributed by atoms with van der Waals surface area (Å²) in [4.78, 5) is 12.3. The zero-order chi connectivity index (χ0) is 23.5. The molecule has 1 amide bonds. The highest BCUT2D eigenvalue weighted by atomic mass is 79.9. The summed E-state index contributed by atoms with van der Waals surface area (Å²) in [5.74, 6) is 0.846. The zero-order valence-corrected chi connectivity index (χ0v) is 20.6. The van der Waals surface area contributed by atoms with Crippen molar-refractivity contribution in [1.82, 2.24) is 5.43 Å². The second-order valence-corrected chi connectivity index (χ2v) is 10.2. The second kappa shape index (κ2) is 9.70. The average molecular weight is 518 g/mol. The van der Waals surface area contributed by atoms with Crippen LogP contribution in [0.4, 0.5) is 5.69 Å². The minimum absolute atomic E-state index is 0.161. The number of rotatable bonds is 7. The lowest BCUT2D eigenvalue weighted by molar-refractivity contribution is 0.0955. The molecule has 168 valence electrons. The molecular weight excluding hydrogens is 494 g/mol.